The van der Waals surface area contributed by atoms with E-state index < -0.39 is 36.8 Å². The van der Waals surface area contributed by atoms with Crippen molar-refractivity contribution in [1.29, 1.82) is 0 Å². The molecular formula is C39H42F5N11O5. The summed E-state index contributed by atoms with van der Waals surface area (Å²) in [7, 11) is 0. The molecular weight excluding hydrogens is 797 g/mol. The Kier molecular flexibility index (Phi) is 11.4. The van der Waals surface area contributed by atoms with Gasteiger partial charge in [0.1, 0.15) is 18.6 Å². The second kappa shape index (κ2) is 16.9. The lowest BCUT2D eigenvalue weighted by molar-refractivity contribution is -0.138. The lowest BCUT2D eigenvalue weighted by Crippen LogP contribution is -2.59. The number of alkyl halides is 5. The average molecular weight is 840 g/mol. The fraction of sp³-hybridized carbons (Fsp3) is 0.462. The number of aromatic nitrogens is 4. The van der Waals surface area contributed by atoms with E-state index in [1.54, 1.807) is 0 Å². The van der Waals surface area contributed by atoms with Gasteiger partial charge < -0.3 is 24.9 Å². The zero-order valence-electron chi connectivity index (χ0n) is 32.2. The fourth-order valence-corrected chi connectivity index (χ4v) is 8.15. The summed E-state index contributed by atoms with van der Waals surface area (Å²) in [5, 5.41) is 11.1. The number of urea groups is 1. The van der Waals surface area contributed by atoms with E-state index in [4.69, 9.17) is 4.42 Å². The van der Waals surface area contributed by atoms with Crippen LogP contribution in [0, 0.1) is 5.92 Å². The Labute approximate surface area is 340 Å². The van der Waals surface area contributed by atoms with Crippen molar-refractivity contribution in [3.63, 3.8) is 0 Å². The largest absolute Gasteiger partial charge is 0.444 e. The average Bonchev–Trinajstić information content (AvgIpc) is 3.89. The van der Waals surface area contributed by atoms with Gasteiger partial charge in [-0.1, -0.05) is 0 Å². The molecule has 8 rings (SSSR count). The normalized spacial score (nSPS) is 20.6. The number of piperazine rings is 1. The van der Waals surface area contributed by atoms with Gasteiger partial charge in [0.15, 0.2) is 11.4 Å². The Balaban J connectivity index is 0.790. The number of hydrogen-bond acceptors (Lipinski definition) is 11. The van der Waals surface area contributed by atoms with Gasteiger partial charge in [0.2, 0.25) is 17.7 Å². The van der Waals surface area contributed by atoms with Crippen molar-refractivity contribution in [2.24, 2.45) is 5.92 Å². The number of hydrogen-bond donors (Lipinski definition) is 3. The number of anilines is 4. The zero-order valence-corrected chi connectivity index (χ0v) is 32.2. The number of carbonyl (C=O) groups excluding carboxylic acids is 4. The van der Waals surface area contributed by atoms with Crippen LogP contribution in [0.2, 0.25) is 0 Å². The number of nitrogens with zero attached hydrogens (tertiary/aromatic N) is 8. The molecule has 3 saturated heterocycles. The number of amides is 5. The number of imide groups is 1. The number of benzene rings is 1. The van der Waals surface area contributed by atoms with Gasteiger partial charge in [0.05, 0.1) is 17.6 Å². The Bertz CT molecular complexity index is 2210. The Morgan fingerprint density at radius 3 is 2.32 bits per heavy atom. The van der Waals surface area contributed by atoms with E-state index in [1.807, 2.05) is 29.2 Å². The lowest BCUT2D eigenvalue weighted by Gasteiger charge is -2.45. The number of carbonyl (C=O) groups is 4. The molecule has 0 spiro atoms. The summed E-state index contributed by atoms with van der Waals surface area (Å²) in [6, 6.07) is 9.91. The number of rotatable bonds is 11. The van der Waals surface area contributed by atoms with Crippen LogP contribution in [-0.2, 0) is 9.59 Å². The molecule has 1 saturated carbocycles. The first kappa shape index (κ1) is 40.7. The number of oxazole rings is 1. The Morgan fingerprint density at radius 2 is 1.63 bits per heavy atom. The summed E-state index contributed by atoms with van der Waals surface area (Å²) in [6.07, 6.45) is -0.521. The molecule has 0 atom stereocenters. The van der Waals surface area contributed by atoms with Crippen molar-refractivity contribution < 1.29 is 45.5 Å². The molecule has 4 fully saturated rings. The first-order chi connectivity index (χ1) is 28.8. The predicted octanol–water partition coefficient (Wildman–Crippen LogP) is 5.31. The zero-order chi connectivity index (χ0) is 42.1. The summed E-state index contributed by atoms with van der Waals surface area (Å²) in [5.74, 6) is -1.23. The topological polar surface area (TPSA) is 174 Å². The van der Waals surface area contributed by atoms with Gasteiger partial charge in [-0.25, -0.2) is 23.5 Å². The van der Waals surface area contributed by atoms with Gasteiger partial charge in [-0.2, -0.15) is 18.3 Å². The van der Waals surface area contributed by atoms with Crippen LogP contribution in [0.3, 0.4) is 0 Å². The molecule has 4 aromatic rings. The van der Waals surface area contributed by atoms with Crippen LogP contribution in [0.25, 0.3) is 11.5 Å². The van der Waals surface area contributed by atoms with Crippen molar-refractivity contribution >= 4 is 46.6 Å². The van der Waals surface area contributed by atoms with E-state index in [2.05, 4.69) is 40.8 Å². The van der Waals surface area contributed by atoms with Crippen molar-refractivity contribution in [2.45, 2.75) is 56.8 Å². The molecule has 3 aromatic heterocycles. The second-order valence-electron chi connectivity index (χ2n) is 15.3. The maximum Gasteiger partial charge on any atom is 0.405 e. The Morgan fingerprint density at radius 1 is 0.933 bits per heavy atom. The van der Waals surface area contributed by atoms with E-state index in [0.717, 1.165) is 37.9 Å². The maximum atomic E-state index is 14.1. The molecule has 21 heteroatoms. The standard InChI is InChI=1S/C39H42F5N11O5/c40-34(41)33-29(47-35(57)30-21-60-36(48-30)23-9-11-45-31(17-23)46-22-39(42,43)44)20-55(50-33)28-7-3-25(4-8-28)51-13-15-52(16-14-51)37(58)24-18-53(19-24)26-1-5-27(6-2-26)54-12-10-32(56)49-38(54)59/h1-2,5-6,9,11,17,20-21,24-25,28,34H,3-4,7-8,10,12-16,18-19,22H2,(H,45,46)(H,47,57)(H,49,56,59). The van der Waals surface area contributed by atoms with Gasteiger partial charge in [-0.3, -0.25) is 34.2 Å². The molecule has 6 heterocycles. The van der Waals surface area contributed by atoms with Crippen LogP contribution in [0.1, 0.15) is 60.8 Å². The SMILES string of the molecule is O=C1CCN(c2ccc(N3CC(C(=O)N4CCN(C5CCC(n6cc(NC(=O)c7coc(-c8ccnc(NCC(F)(F)F)c8)n7)c(C(F)F)n6)CC5)CC4)C3)cc2)C(=O)N1. The molecule has 60 heavy (non-hydrogen) atoms. The van der Waals surface area contributed by atoms with Crippen molar-refractivity contribution in [2.75, 3.05) is 72.8 Å². The third kappa shape index (κ3) is 9.04. The molecule has 5 amide bonds. The van der Waals surface area contributed by atoms with Gasteiger partial charge in [0.25, 0.3) is 12.3 Å². The van der Waals surface area contributed by atoms with E-state index in [-0.39, 0.29) is 64.9 Å². The molecule has 0 radical (unpaired) electrons. The van der Waals surface area contributed by atoms with Gasteiger partial charge in [-0.05, 0) is 62.1 Å². The highest BCUT2D eigenvalue weighted by Gasteiger charge is 2.38. The second-order valence-corrected chi connectivity index (χ2v) is 15.3. The van der Waals surface area contributed by atoms with Crippen LogP contribution >= 0.6 is 0 Å². The molecule has 3 aliphatic heterocycles. The number of pyridine rings is 1. The third-order valence-electron chi connectivity index (χ3n) is 11.4. The van der Waals surface area contributed by atoms with Crippen LogP contribution < -0.4 is 25.8 Å². The first-order valence-corrected chi connectivity index (χ1v) is 19.7. The van der Waals surface area contributed by atoms with Crippen molar-refractivity contribution in [1.82, 2.24) is 34.9 Å². The molecule has 0 unspecified atom stereocenters. The highest BCUT2D eigenvalue weighted by molar-refractivity contribution is 6.05. The number of halogens is 5. The van der Waals surface area contributed by atoms with Crippen LogP contribution in [0.5, 0.6) is 0 Å². The fourth-order valence-electron chi connectivity index (χ4n) is 8.15. The van der Waals surface area contributed by atoms with Crippen molar-refractivity contribution in [3.05, 3.63) is 66.4 Å². The van der Waals surface area contributed by atoms with Gasteiger partial charge >= 0.3 is 12.2 Å². The van der Waals surface area contributed by atoms with E-state index in [0.29, 0.717) is 51.3 Å². The monoisotopic (exact) mass is 839 g/mol. The molecule has 1 aromatic carbocycles. The van der Waals surface area contributed by atoms with Crippen LogP contribution in [0.4, 0.5) is 49.6 Å². The summed E-state index contributed by atoms with van der Waals surface area (Å²) < 4.78 is 72.9. The molecule has 4 aliphatic rings. The number of nitrogens with one attached hydrogen (secondary N) is 3. The molecule has 16 nitrogen and oxygen atoms in total. The van der Waals surface area contributed by atoms with Gasteiger partial charge in [0, 0.05) is 87.6 Å². The van der Waals surface area contributed by atoms with Crippen LogP contribution in [0.15, 0.2) is 59.5 Å². The highest BCUT2D eigenvalue weighted by atomic mass is 19.4. The summed E-state index contributed by atoms with van der Waals surface area (Å²) >= 11 is 0. The minimum absolute atomic E-state index is 0.0784. The van der Waals surface area contributed by atoms with E-state index >= 15 is 0 Å². The minimum atomic E-state index is -4.46. The highest BCUT2D eigenvalue weighted by Crippen LogP contribution is 2.35. The van der Waals surface area contributed by atoms with Crippen molar-refractivity contribution in [3.8, 4) is 11.5 Å². The lowest BCUT2D eigenvalue weighted by atomic mass is 9.89. The van der Waals surface area contributed by atoms with E-state index in [1.165, 1.54) is 34.1 Å². The first-order valence-electron chi connectivity index (χ1n) is 19.7. The quantitative estimate of drug-likeness (QED) is 0.167. The third-order valence-corrected chi connectivity index (χ3v) is 11.4. The molecule has 318 valence electrons. The maximum absolute atomic E-state index is 14.1. The van der Waals surface area contributed by atoms with E-state index in [9.17, 15) is 41.1 Å². The Hall–Kier alpha value is -6.12. The molecule has 1 aliphatic carbocycles. The predicted molar refractivity (Wildman–Crippen MR) is 207 cm³/mol. The summed E-state index contributed by atoms with van der Waals surface area (Å²) in [5.41, 5.74) is 0.932. The summed E-state index contributed by atoms with van der Waals surface area (Å²) in [6.45, 7) is 2.97. The summed E-state index contributed by atoms with van der Waals surface area (Å²) in [4.78, 5) is 66.0. The van der Waals surface area contributed by atoms with Gasteiger partial charge in [-0.15, -0.1) is 0 Å². The smallest absolute Gasteiger partial charge is 0.405 e. The van der Waals surface area contributed by atoms with Crippen LogP contribution in [-0.4, -0.2) is 118 Å². The minimum Gasteiger partial charge on any atom is -0.444 e. The molecule has 0 bridgehead atoms. The molecule has 3 N–H and O–H groups in total.